The molecule has 132 valence electrons. The Morgan fingerprint density at radius 3 is 1.96 bits per heavy atom. The first-order valence-electron chi connectivity index (χ1n) is 7.31. The van der Waals surface area contributed by atoms with E-state index in [0.717, 1.165) is 0 Å². The molecule has 8 heteroatoms. The van der Waals surface area contributed by atoms with Crippen LogP contribution in [0, 0.1) is 0 Å². The van der Waals surface area contributed by atoms with Gasteiger partial charge >= 0.3 is 11.9 Å². The van der Waals surface area contributed by atoms with Crippen molar-refractivity contribution < 1.29 is 33.3 Å². The zero-order chi connectivity index (χ0) is 17.9. The van der Waals surface area contributed by atoms with E-state index in [1.807, 2.05) is 0 Å². The molecule has 0 saturated heterocycles. The molecule has 0 spiro atoms. The molecule has 0 saturated carbocycles. The van der Waals surface area contributed by atoms with Gasteiger partial charge in [0.05, 0.1) is 19.1 Å². The second-order valence-electron chi connectivity index (χ2n) is 4.41. The highest BCUT2D eigenvalue weighted by Crippen LogP contribution is 2.29. The number of carbonyl (C=O) groups excluding carboxylic acids is 3. The van der Waals surface area contributed by atoms with E-state index in [2.05, 4.69) is 0 Å². The lowest BCUT2D eigenvalue weighted by Crippen LogP contribution is -2.17. The zero-order valence-electron chi connectivity index (χ0n) is 13.5. The first-order chi connectivity index (χ1) is 11.5. The molecule has 0 unspecified atom stereocenters. The van der Waals surface area contributed by atoms with Gasteiger partial charge in [-0.15, -0.1) is 11.6 Å². The maximum Gasteiger partial charge on any atom is 0.344 e. The van der Waals surface area contributed by atoms with Crippen LogP contribution >= 0.6 is 11.6 Å². The molecule has 1 aromatic carbocycles. The van der Waals surface area contributed by atoms with E-state index in [4.69, 9.17) is 30.5 Å². The summed E-state index contributed by atoms with van der Waals surface area (Å²) < 4.78 is 20.2. The number of hydrogen-bond donors (Lipinski definition) is 0. The fraction of sp³-hybridized carbons (Fsp3) is 0.438. The highest BCUT2D eigenvalue weighted by atomic mass is 35.5. The molecule has 1 aromatic rings. The summed E-state index contributed by atoms with van der Waals surface area (Å²) in [6.07, 6.45) is 0. The van der Waals surface area contributed by atoms with Crippen LogP contribution in [-0.2, 0) is 19.1 Å². The number of halogens is 1. The Bertz CT molecular complexity index is 586. The van der Waals surface area contributed by atoms with E-state index in [1.54, 1.807) is 13.8 Å². The van der Waals surface area contributed by atoms with E-state index in [9.17, 15) is 14.4 Å². The lowest BCUT2D eigenvalue weighted by Gasteiger charge is -2.13. The van der Waals surface area contributed by atoms with Crippen LogP contribution in [0.25, 0.3) is 0 Å². The quantitative estimate of drug-likeness (QED) is 0.359. The monoisotopic (exact) mass is 358 g/mol. The number of ketones is 1. The molecule has 0 N–H and O–H groups in total. The van der Waals surface area contributed by atoms with Crippen LogP contribution in [0.4, 0.5) is 0 Å². The summed E-state index contributed by atoms with van der Waals surface area (Å²) in [5.74, 6) is -1.30. The number of rotatable bonds is 10. The summed E-state index contributed by atoms with van der Waals surface area (Å²) in [6.45, 7) is 3.12. The molecular formula is C16H19ClO7. The fourth-order valence-electron chi connectivity index (χ4n) is 1.67. The Balaban J connectivity index is 2.88. The smallest absolute Gasteiger partial charge is 0.344 e. The van der Waals surface area contributed by atoms with Gasteiger partial charge in [0.15, 0.2) is 30.5 Å². The highest BCUT2D eigenvalue weighted by molar-refractivity contribution is 6.30. The molecular weight excluding hydrogens is 340 g/mol. The Labute approximate surface area is 144 Å². The molecule has 1 rings (SSSR count). The normalized spacial score (nSPS) is 9.96. The van der Waals surface area contributed by atoms with Gasteiger partial charge in [-0.05, 0) is 32.0 Å². The molecule has 0 radical (unpaired) electrons. The molecule has 0 aromatic heterocycles. The van der Waals surface area contributed by atoms with Crippen LogP contribution < -0.4 is 9.47 Å². The van der Waals surface area contributed by atoms with Crippen LogP contribution in [-0.4, -0.2) is 50.0 Å². The number of carbonyl (C=O) groups is 3. The predicted octanol–water partition coefficient (Wildman–Crippen LogP) is 1.99. The number of Topliss-reactive ketones (excluding diaryl/α,β-unsaturated/α-hetero) is 1. The van der Waals surface area contributed by atoms with Crippen molar-refractivity contribution in [1.82, 2.24) is 0 Å². The summed E-state index contributed by atoms with van der Waals surface area (Å²) in [5.41, 5.74) is 0.298. The van der Waals surface area contributed by atoms with Gasteiger partial charge in [0, 0.05) is 5.56 Å². The number of benzene rings is 1. The summed E-state index contributed by atoms with van der Waals surface area (Å²) in [4.78, 5) is 34.4. The minimum absolute atomic E-state index is 0.128. The Morgan fingerprint density at radius 2 is 1.46 bits per heavy atom. The zero-order valence-corrected chi connectivity index (χ0v) is 14.3. The summed E-state index contributed by atoms with van der Waals surface area (Å²) in [6, 6.07) is 4.34. The minimum Gasteiger partial charge on any atom is -0.478 e. The van der Waals surface area contributed by atoms with Crippen molar-refractivity contribution in [2.75, 3.05) is 32.3 Å². The predicted molar refractivity (Wildman–Crippen MR) is 85.7 cm³/mol. The maximum absolute atomic E-state index is 11.7. The second-order valence-corrected chi connectivity index (χ2v) is 4.67. The fourth-order valence-corrected chi connectivity index (χ4v) is 1.82. The van der Waals surface area contributed by atoms with Gasteiger partial charge in [-0.1, -0.05) is 0 Å². The molecule has 0 fully saturated rings. The van der Waals surface area contributed by atoms with E-state index in [0.29, 0.717) is 5.56 Å². The van der Waals surface area contributed by atoms with E-state index >= 15 is 0 Å². The average molecular weight is 359 g/mol. The van der Waals surface area contributed by atoms with E-state index < -0.39 is 11.9 Å². The maximum atomic E-state index is 11.7. The van der Waals surface area contributed by atoms with E-state index in [1.165, 1.54) is 18.2 Å². The highest BCUT2D eigenvalue weighted by Gasteiger charge is 2.14. The standard InChI is InChI=1S/C16H19ClO7/c1-3-21-15(19)9-23-13-6-5-11(12(18)8-17)7-14(13)24-10-16(20)22-4-2/h5-7H,3-4,8-10H2,1-2H3. The first kappa shape index (κ1) is 19.8. The minimum atomic E-state index is -0.567. The first-order valence-corrected chi connectivity index (χ1v) is 7.85. The van der Waals surface area contributed by atoms with Crippen LogP contribution in [0.15, 0.2) is 18.2 Å². The molecule has 7 nitrogen and oxygen atoms in total. The van der Waals surface area contributed by atoms with Crippen molar-refractivity contribution in [3.8, 4) is 11.5 Å². The van der Waals surface area contributed by atoms with Gasteiger partial charge in [-0.3, -0.25) is 4.79 Å². The molecule has 0 bridgehead atoms. The molecule has 24 heavy (non-hydrogen) atoms. The van der Waals surface area contributed by atoms with E-state index in [-0.39, 0.29) is 49.6 Å². The van der Waals surface area contributed by atoms with Crippen molar-refractivity contribution in [3.63, 3.8) is 0 Å². The third kappa shape index (κ3) is 6.45. The van der Waals surface area contributed by atoms with Crippen LogP contribution in [0.3, 0.4) is 0 Å². The number of hydrogen-bond acceptors (Lipinski definition) is 7. The molecule has 0 amide bonds. The van der Waals surface area contributed by atoms with Crippen LogP contribution in [0.2, 0.25) is 0 Å². The Hall–Kier alpha value is -2.28. The molecule has 0 heterocycles. The van der Waals surface area contributed by atoms with Crippen molar-refractivity contribution >= 4 is 29.3 Å². The Kier molecular flexibility index (Phi) is 8.64. The molecule has 0 aliphatic heterocycles. The molecule has 0 aliphatic carbocycles. The van der Waals surface area contributed by atoms with Crippen molar-refractivity contribution in [3.05, 3.63) is 23.8 Å². The van der Waals surface area contributed by atoms with Gasteiger partial charge in [0.2, 0.25) is 0 Å². The van der Waals surface area contributed by atoms with Gasteiger partial charge in [-0.25, -0.2) is 9.59 Å². The third-order valence-electron chi connectivity index (χ3n) is 2.69. The van der Waals surface area contributed by atoms with Crippen LogP contribution in [0.5, 0.6) is 11.5 Å². The second kappa shape index (κ2) is 10.5. The lowest BCUT2D eigenvalue weighted by atomic mass is 10.1. The van der Waals surface area contributed by atoms with Gasteiger partial charge in [0.25, 0.3) is 0 Å². The third-order valence-corrected chi connectivity index (χ3v) is 2.93. The number of ether oxygens (including phenoxy) is 4. The largest absolute Gasteiger partial charge is 0.478 e. The summed E-state index contributed by atoms with van der Waals surface area (Å²) in [7, 11) is 0. The molecule has 0 atom stereocenters. The number of alkyl halides is 1. The van der Waals surface area contributed by atoms with Gasteiger partial charge in [0.1, 0.15) is 0 Å². The SMILES string of the molecule is CCOC(=O)COc1ccc(C(=O)CCl)cc1OCC(=O)OCC. The van der Waals surface area contributed by atoms with Crippen LogP contribution in [0.1, 0.15) is 24.2 Å². The Morgan fingerprint density at radius 1 is 0.917 bits per heavy atom. The van der Waals surface area contributed by atoms with Crippen molar-refractivity contribution in [1.29, 1.82) is 0 Å². The molecule has 0 aliphatic rings. The summed E-state index contributed by atoms with van der Waals surface area (Å²) in [5, 5.41) is 0. The van der Waals surface area contributed by atoms with Crippen molar-refractivity contribution in [2.24, 2.45) is 0 Å². The topological polar surface area (TPSA) is 88.1 Å². The summed E-state index contributed by atoms with van der Waals surface area (Å²) >= 11 is 5.53. The van der Waals surface area contributed by atoms with Gasteiger partial charge < -0.3 is 18.9 Å². The van der Waals surface area contributed by atoms with Crippen molar-refractivity contribution in [2.45, 2.75) is 13.8 Å². The lowest BCUT2D eigenvalue weighted by molar-refractivity contribution is -0.146. The van der Waals surface area contributed by atoms with Gasteiger partial charge in [-0.2, -0.15) is 0 Å². The number of esters is 2. The average Bonchev–Trinajstić information content (AvgIpc) is 2.58.